The molecule has 0 aliphatic rings. The largest absolute Gasteiger partial charge is 0.477 e. The predicted octanol–water partition coefficient (Wildman–Crippen LogP) is 3.35. The number of carbonyl (C=O) groups is 1. The van der Waals surface area contributed by atoms with Crippen molar-refractivity contribution in [1.82, 2.24) is 0 Å². The minimum absolute atomic E-state index is 0.271. The molecule has 1 N–H and O–H groups in total. The first kappa shape index (κ1) is 12.6. The average molecular weight is 249 g/mol. The molecule has 0 radical (unpaired) electrons. The molecular weight excluding hydrogens is 238 g/mol. The standard InChI is InChI=1S/C16H11NO2/c17-11-15(16(18)19)10-12-6-8-14(9-7-12)13-4-2-1-3-5-13/h1-10H,(H,18,19)/b15-10-. The molecule has 0 unspecified atom stereocenters. The molecule has 0 saturated heterocycles. The van der Waals surface area contributed by atoms with E-state index in [-0.39, 0.29) is 5.57 Å². The maximum absolute atomic E-state index is 10.7. The lowest BCUT2D eigenvalue weighted by atomic mass is 10.0. The van der Waals surface area contributed by atoms with Crippen molar-refractivity contribution in [2.24, 2.45) is 0 Å². The van der Waals surface area contributed by atoms with Gasteiger partial charge in [-0.15, -0.1) is 0 Å². The van der Waals surface area contributed by atoms with Crippen LogP contribution in [-0.4, -0.2) is 11.1 Å². The fraction of sp³-hybridized carbons (Fsp3) is 0. The third kappa shape index (κ3) is 3.08. The highest BCUT2D eigenvalue weighted by molar-refractivity contribution is 5.96. The zero-order valence-corrected chi connectivity index (χ0v) is 10.1. The zero-order valence-electron chi connectivity index (χ0n) is 10.1. The summed E-state index contributed by atoms with van der Waals surface area (Å²) >= 11 is 0. The quantitative estimate of drug-likeness (QED) is 0.670. The third-order valence-corrected chi connectivity index (χ3v) is 2.68. The lowest BCUT2D eigenvalue weighted by Gasteiger charge is -2.01. The minimum Gasteiger partial charge on any atom is -0.477 e. The highest BCUT2D eigenvalue weighted by atomic mass is 16.4. The average Bonchev–Trinajstić information content (AvgIpc) is 2.46. The molecule has 19 heavy (non-hydrogen) atoms. The van der Waals surface area contributed by atoms with E-state index >= 15 is 0 Å². The van der Waals surface area contributed by atoms with Crippen molar-refractivity contribution >= 4 is 12.0 Å². The third-order valence-electron chi connectivity index (χ3n) is 2.68. The smallest absolute Gasteiger partial charge is 0.346 e. The molecule has 2 aromatic rings. The normalized spacial score (nSPS) is 10.8. The van der Waals surface area contributed by atoms with Crippen molar-refractivity contribution in [3.63, 3.8) is 0 Å². The van der Waals surface area contributed by atoms with Gasteiger partial charge < -0.3 is 5.11 Å². The Morgan fingerprint density at radius 2 is 1.58 bits per heavy atom. The topological polar surface area (TPSA) is 61.1 Å². The summed E-state index contributed by atoms with van der Waals surface area (Å²) in [4.78, 5) is 10.7. The van der Waals surface area contributed by atoms with Crippen molar-refractivity contribution in [2.45, 2.75) is 0 Å². The van der Waals surface area contributed by atoms with Crippen molar-refractivity contribution < 1.29 is 9.90 Å². The van der Waals surface area contributed by atoms with Gasteiger partial charge >= 0.3 is 5.97 Å². The molecule has 3 nitrogen and oxygen atoms in total. The van der Waals surface area contributed by atoms with E-state index in [0.29, 0.717) is 5.56 Å². The number of nitrogens with zero attached hydrogens (tertiary/aromatic N) is 1. The van der Waals surface area contributed by atoms with Gasteiger partial charge in [-0.25, -0.2) is 4.79 Å². The molecular formula is C16H11NO2. The monoisotopic (exact) mass is 249 g/mol. The van der Waals surface area contributed by atoms with Crippen LogP contribution in [0.4, 0.5) is 0 Å². The Morgan fingerprint density at radius 1 is 1.00 bits per heavy atom. The SMILES string of the molecule is N#C/C(=C/c1ccc(-c2ccccc2)cc1)C(=O)O. The second-order valence-corrected chi connectivity index (χ2v) is 3.96. The van der Waals surface area contributed by atoms with Crippen LogP contribution in [0.1, 0.15) is 5.56 Å². The second-order valence-electron chi connectivity index (χ2n) is 3.96. The molecule has 0 aromatic heterocycles. The van der Waals surface area contributed by atoms with E-state index in [0.717, 1.165) is 11.1 Å². The van der Waals surface area contributed by atoms with Gasteiger partial charge in [0.05, 0.1) is 0 Å². The summed E-state index contributed by atoms with van der Waals surface area (Å²) in [7, 11) is 0. The number of nitriles is 1. The first-order chi connectivity index (χ1) is 9.20. The van der Waals surface area contributed by atoms with Crippen LogP contribution in [0.3, 0.4) is 0 Å². The zero-order chi connectivity index (χ0) is 13.7. The first-order valence-corrected chi connectivity index (χ1v) is 5.71. The Labute approximate surface area is 111 Å². The van der Waals surface area contributed by atoms with E-state index in [1.54, 1.807) is 18.2 Å². The summed E-state index contributed by atoms with van der Waals surface area (Å²) in [6, 6.07) is 18.9. The van der Waals surface area contributed by atoms with Gasteiger partial charge in [0.1, 0.15) is 11.6 Å². The van der Waals surface area contributed by atoms with E-state index < -0.39 is 5.97 Å². The Hall–Kier alpha value is -2.86. The van der Waals surface area contributed by atoms with E-state index in [1.165, 1.54) is 6.08 Å². The van der Waals surface area contributed by atoms with Gasteiger partial charge in [0.25, 0.3) is 0 Å². The van der Waals surface area contributed by atoms with Gasteiger partial charge in [-0.05, 0) is 22.8 Å². The van der Waals surface area contributed by atoms with Gasteiger partial charge in [-0.2, -0.15) is 5.26 Å². The fourth-order valence-corrected chi connectivity index (χ4v) is 1.71. The number of benzene rings is 2. The molecule has 0 amide bonds. The maximum Gasteiger partial charge on any atom is 0.346 e. The summed E-state index contributed by atoms with van der Waals surface area (Å²) in [5.74, 6) is -1.21. The molecule has 0 saturated carbocycles. The predicted molar refractivity (Wildman–Crippen MR) is 73.1 cm³/mol. The number of rotatable bonds is 3. The molecule has 0 bridgehead atoms. The Bertz CT molecular complexity index is 649. The first-order valence-electron chi connectivity index (χ1n) is 5.71. The fourth-order valence-electron chi connectivity index (χ4n) is 1.71. The molecule has 2 aromatic carbocycles. The van der Waals surface area contributed by atoms with Crippen molar-refractivity contribution in [3.05, 3.63) is 65.7 Å². The van der Waals surface area contributed by atoms with Crippen LogP contribution in [0.25, 0.3) is 17.2 Å². The summed E-state index contributed by atoms with van der Waals surface area (Å²) in [6.45, 7) is 0. The highest BCUT2D eigenvalue weighted by Crippen LogP contribution is 2.20. The molecule has 92 valence electrons. The van der Waals surface area contributed by atoms with Crippen LogP contribution in [0.5, 0.6) is 0 Å². The van der Waals surface area contributed by atoms with E-state index in [2.05, 4.69) is 0 Å². The second kappa shape index (κ2) is 5.65. The number of hydrogen-bond acceptors (Lipinski definition) is 2. The molecule has 2 rings (SSSR count). The molecule has 0 fully saturated rings. The van der Waals surface area contributed by atoms with Gasteiger partial charge in [0, 0.05) is 0 Å². The number of carboxylic acid groups (broad SMARTS) is 1. The lowest BCUT2D eigenvalue weighted by Crippen LogP contribution is -1.97. The van der Waals surface area contributed by atoms with Crippen LogP contribution < -0.4 is 0 Å². The Balaban J connectivity index is 2.30. The molecule has 3 heteroatoms. The van der Waals surface area contributed by atoms with Crippen molar-refractivity contribution in [1.29, 1.82) is 5.26 Å². The molecule has 0 spiro atoms. The van der Waals surface area contributed by atoms with Crippen LogP contribution in [0, 0.1) is 11.3 Å². The molecule has 0 aliphatic heterocycles. The van der Waals surface area contributed by atoms with Crippen LogP contribution in [-0.2, 0) is 4.79 Å². The van der Waals surface area contributed by atoms with Gasteiger partial charge in [-0.1, -0.05) is 54.6 Å². The van der Waals surface area contributed by atoms with E-state index in [4.69, 9.17) is 10.4 Å². The van der Waals surface area contributed by atoms with Crippen LogP contribution in [0.15, 0.2) is 60.2 Å². The number of carboxylic acids is 1. The van der Waals surface area contributed by atoms with Crippen LogP contribution in [0.2, 0.25) is 0 Å². The summed E-state index contributed by atoms with van der Waals surface area (Å²) in [5.41, 5.74) is 2.56. The lowest BCUT2D eigenvalue weighted by molar-refractivity contribution is -0.132. The number of aliphatic carboxylic acids is 1. The molecule has 0 atom stereocenters. The van der Waals surface area contributed by atoms with Gasteiger partial charge in [0.15, 0.2) is 0 Å². The minimum atomic E-state index is -1.21. The van der Waals surface area contributed by atoms with Crippen molar-refractivity contribution in [3.8, 4) is 17.2 Å². The Kier molecular flexibility index (Phi) is 3.75. The Morgan fingerprint density at radius 3 is 2.11 bits per heavy atom. The summed E-state index contributed by atoms with van der Waals surface area (Å²) < 4.78 is 0. The highest BCUT2D eigenvalue weighted by Gasteiger charge is 2.05. The van der Waals surface area contributed by atoms with E-state index in [1.807, 2.05) is 42.5 Å². The summed E-state index contributed by atoms with van der Waals surface area (Å²) in [6.07, 6.45) is 1.36. The van der Waals surface area contributed by atoms with Gasteiger partial charge in [0.2, 0.25) is 0 Å². The molecule has 0 heterocycles. The maximum atomic E-state index is 10.7. The van der Waals surface area contributed by atoms with Crippen molar-refractivity contribution in [2.75, 3.05) is 0 Å². The van der Waals surface area contributed by atoms with Crippen LogP contribution >= 0.6 is 0 Å². The summed E-state index contributed by atoms with van der Waals surface area (Å²) in [5, 5.41) is 17.5. The van der Waals surface area contributed by atoms with Gasteiger partial charge in [-0.3, -0.25) is 0 Å². The van der Waals surface area contributed by atoms with E-state index in [9.17, 15) is 4.79 Å². The number of hydrogen-bond donors (Lipinski definition) is 1. The molecule has 0 aliphatic carbocycles.